The van der Waals surface area contributed by atoms with E-state index in [0.29, 0.717) is 0 Å². The van der Waals surface area contributed by atoms with Gasteiger partial charge in [-0.15, -0.1) is 0 Å². The number of hydrogen-bond acceptors (Lipinski definition) is 0. The van der Waals surface area contributed by atoms with E-state index < -0.39 is 0 Å². The number of hydrogen-bond donors (Lipinski definition) is 0. The second-order valence-electron chi connectivity index (χ2n) is 6.78. The van der Waals surface area contributed by atoms with Crippen LogP contribution in [-0.4, -0.2) is 0 Å². The smallest absolute Gasteiger partial charge is 0.0309 e. The van der Waals surface area contributed by atoms with Gasteiger partial charge in [0.2, 0.25) is 0 Å². The topological polar surface area (TPSA) is 0 Å². The van der Waals surface area contributed by atoms with Crippen molar-refractivity contribution in [2.75, 3.05) is 0 Å². The van der Waals surface area contributed by atoms with E-state index in [1.54, 1.807) is 0 Å². The fourth-order valence-electron chi connectivity index (χ4n) is 3.02. The Balaban J connectivity index is 2.97. The minimum atomic E-state index is 1.03. The van der Waals surface area contributed by atoms with Crippen LogP contribution in [-0.2, 0) is 12.8 Å². The van der Waals surface area contributed by atoms with Crippen LogP contribution in [0.15, 0.2) is 12.1 Å². The van der Waals surface area contributed by atoms with E-state index in [1.807, 2.05) is 0 Å². The molecule has 0 nitrogen and oxygen atoms in total. The number of rotatable bonds is 10. The van der Waals surface area contributed by atoms with Gasteiger partial charge in [-0.25, -0.2) is 0 Å². The van der Waals surface area contributed by atoms with Crippen LogP contribution in [0, 0.1) is 18.8 Å². The van der Waals surface area contributed by atoms with Crippen LogP contribution < -0.4 is 0 Å². The van der Waals surface area contributed by atoms with Gasteiger partial charge in [0.25, 0.3) is 0 Å². The first-order valence-corrected chi connectivity index (χ1v) is 9.84. The van der Waals surface area contributed by atoms with Crippen LogP contribution in [0.25, 0.3) is 0 Å². The molecular formula is C23H36. The highest BCUT2D eigenvalue weighted by molar-refractivity contribution is 5.49. The Hall–Kier alpha value is -1.22. The lowest BCUT2D eigenvalue weighted by atomic mass is 9.92. The lowest BCUT2D eigenvalue weighted by molar-refractivity contribution is 0.665. The second-order valence-corrected chi connectivity index (χ2v) is 6.78. The minimum Gasteiger partial charge on any atom is -0.0979 e. The van der Waals surface area contributed by atoms with E-state index in [-0.39, 0.29) is 0 Å². The van der Waals surface area contributed by atoms with Gasteiger partial charge in [0.15, 0.2) is 0 Å². The van der Waals surface area contributed by atoms with Gasteiger partial charge < -0.3 is 0 Å². The first-order valence-electron chi connectivity index (χ1n) is 9.84. The summed E-state index contributed by atoms with van der Waals surface area (Å²) in [6, 6.07) is 4.75. The number of unbranched alkanes of at least 4 members (excludes halogenated alkanes) is 6. The largest absolute Gasteiger partial charge is 0.0979 e. The lowest BCUT2D eigenvalue weighted by Gasteiger charge is -2.12. The molecule has 0 unspecified atom stereocenters. The Bertz CT molecular complexity index is 499. The summed E-state index contributed by atoms with van der Waals surface area (Å²) in [7, 11) is 0. The van der Waals surface area contributed by atoms with Crippen molar-refractivity contribution in [1.29, 1.82) is 0 Å². The molecule has 0 aliphatic carbocycles. The lowest BCUT2D eigenvalue weighted by Crippen LogP contribution is -1.99. The van der Waals surface area contributed by atoms with Gasteiger partial charge in [0.05, 0.1) is 0 Å². The van der Waals surface area contributed by atoms with Gasteiger partial charge in [0, 0.05) is 12.0 Å². The predicted molar refractivity (Wildman–Crippen MR) is 104 cm³/mol. The summed E-state index contributed by atoms with van der Waals surface area (Å²) in [5, 5.41) is 0. The molecule has 23 heavy (non-hydrogen) atoms. The van der Waals surface area contributed by atoms with Crippen molar-refractivity contribution in [2.45, 2.75) is 98.3 Å². The third kappa shape index (κ3) is 7.74. The second kappa shape index (κ2) is 12.2. The standard InChI is InChI=1S/C23H36/c1-5-8-11-13-16-22-19-20(4)18-21(15-10-7-3)23(22)17-14-12-9-6-2/h18-19H,5-13,15-16H2,1-4H3. The fourth-order valence-corrected chi connectivity index (χ4v) is 3.02. The molecule has 0 spiro atoms. The highest BCUT2D eigenvalue weighted by Crippen LogP contribution is 2.21. The zero-order valence-corrected chi connectivity index (χ0v) is 15.9. The van der Waals surface area contributed by atoms with E-state index in [1.165, 1.54) is 86.5 Å². The molecule has 1 aromatic rings. The number of benzene rings is 1. The van der Waals surface area contributed by atoms with Crippen LogP contribution in [0.5, 0.6) is 0 Å². The molecule has 0 radical (unpaired) electrons. The monoisotopic (exact) mass is 312 g/mol. The molecule has 0 aliphatic rings. The normalized spacial score (nSPS) is 10.4. The quantitative estimate of drug-likeness (QED) is 0.322. The Morgan fingerprint density at radius 3 is 1.96 bits per heavy atom. The predicted octanol–water partition coefficient (Wildman–Crippen LogP) is 7.00. The molecule has 0 saturated heterocycles. The third-order valence-electron chi connectivity index (χ3n) is 4.41. The summed E-state index contributed by atoms with van der Waals surface area (Å²) in [6.45, 7) is 9.02. The van der Waals surface area contributed by atoms with Gasteiger partial charge >= 0.3 is 0 Å². The third-order valence-corrected chi connectivity index (χ3v) is 4.41. The highest BCUT2D eigenvalue weighted by atomic mass is 14.1. The van der Waals surface area contributed by atoms with Crippen LogP contribution in [0.3, 0.4) is 0 Å². The summed E-state index contributed by atoms with van der Waals surface area (Å²) in [6.07, 6.45) is 13.7. The SMILES string of the molecule is CCCCC#Cc1c(CCCC)cc(C)cc1CCCCCC. The van der Waals surface area contributed by atoms with Crippen molar-refractivity contribution in [1.82, 2.24) is 0 Å². The van der Waals surface area contributed by atoms with Gasteiger partial charge in [-0.3, -0.25) is 0 Å². The molecular weight excluding hydrogens is 276 g/mol. The van der Waals surface area contributed by atoms with Crippen molar-refractivity contribution < 1.29 is 0 Å². The minimum absolute atomic E-state index is 1.03. The average Bonchev–Trinajstić information content (AvgIpc) is 2.55. The van der Waals surface area contributed by atoms with Gasteiger partial charge in [-0.1, -0.05) is 82.4 Å². The molecule has 128 valence electrons. The Kier molecular flexibility index (Phi) is 10.5. The molecule has 0 N–H and O–H groups in total. The molecule has 0 atom stereocenters. The van der Waals surface area contributed by atoms with Gasteiger partial charge in [-0.2, -0.15) is 0 Å². The highest BCUT2D eigenvalue weighted by Gasteiger charge is 2.08. The molecule has 0 amide bonds. The van der Waals surface area contributed by atoms with Gasteiger partial charge in [0.1, 0.15) is 0 Å². The summed E-state index contributed by atoms with van der Waals surface area (Å²) < 4.78 is 0. The summed E-state index contributed by atoms with van der Waals surface area (Å²) >= 11 is 0. The van der Waals surface area contributed by atoms with Crippen LogP contribution in [0.4, 0.5) is 0 Å². The van der Waals surface area contributed by atoms with Crippen LogP contribution >= 0.6 is 0 Å². The molecule has 0 heterocycles. The maximum atomic E-state index is 3.54. The van der Waals surface area contributed by atoms with E-state index in [0.717, 1.165) is 6.42 Å². The van der Waals surface area contributed by atoms with Crippen molar-refractivity contribution in [3.63, 3.8) is 0 Å². The first-order chi connectivity index (χ1) is 11.2. The first kappa shape index (κ1) is 19.8. The van der Waals surface area contributed by atoms with E-state index >= 15 is 0 Å². The van der Waals surface area contributed by atoms with E-state index in [2.05, 4.69) is 51.7 Å². The van der Waals surface area contributed by atoms with Crippen molar-refractivity contribution in [3.8, 4) is 11.8 Å². The molecule has 1 rings (SSSR count). The zero-order chi connectivity index (χ0) is 16.9. The molecule has 1 aromatic carbocycles. The van der Waals surface area contributed by atoms with Crippen LogP contribution in [0.2, 0.25) is 0 Å². The zero-order valence-electron chi connectivity index (χ0n) is 15.9. The van der Waals surface area contributed by atoms with Crippen molar-refractivity contribution >= 4 is 0 Å². The van der Waals surface area contributed by atoms with Crippen molar-refractivity contribution in [3.05, 3.63) is 34.4 Å². The Labute approximate surface area is 145 Å². The maximum Gasteiger partial charge on any atom is 0.0309 e. The Morgan fingerprint density at radius 1 is 0.739 bits per heavy atom. The molecule has 0 aromatic heterocycles. The van der Waals surface area contributed by atoms with Crippen LogP contribution in [0.1, 0.15) is 101 Å². The molecule has 0 fully saturated rings. The molecule has 0 saturated carbocycles. The van der Waals surface area contributed by atoms with Gasteiger partial charge in [-0.05, 0) is 50.2 Å². The maximum absolute atomic E-state index is 3.54. The molecule has 0 heteroatoms. The molecule has 0 aliphatic heterocycles. The molecule has 0 bridgehead atoms. The summed E-state index contributed by atoms with van der Waals surface area (Å²) in [5.41, 5.74) is 5.75. The van der Waals surface area contributed by atoms with E-state index in [9.17, 15) is 0 Å². The fraction of sp³-hybridized carbons (Fsp3) is 0.652. The van der Waals surface area contributed by atoms with Crippen molar-refractivity contribution in [2.24, 2.45) is 0 Å². The average molecular weight is 313 g/mol. The number of aryl methyl sites for hydroxylation is 3. The summed E-state index contributed by atoms with van der Waals surface area (Å²) in [4.78, 5) is 0. The van der Waals surface area contributed by atoms with E-state index in [4.69, 9.17) is 0 Å². The Morgan fingerprint density at radius 2 is 1.35 bits per heavy atom. The summed E-state index contributed by atoms with van der Waals surface area (Å²) in [5.74, 6) is 6.97.